The maximum atomic E-state index is 13.1. The fourth-order valence-corrected chi connectivity index (χ4v) is 2.25. The number of benzene rings is 2. The summed E-state index contributed by atoms with van der Waals surface area (Å²) in [6.07, 6.45) is 1.33. The van der Waals surface area contributed by atoms with Gasteiger partial charge in [-0.3, -0.25) is 0 Å². The largest absolute Gasteiger partial charge is 0.373 e. The van der Waals surface area contributed by atoms with Crippen molar-refractivity contribution in [2.75, 3.05) is 6.61 Å². The van der Waals surface area contributed by atoms with Gasteiger partial charge in [-0.1, -0.05) is 41.9 Å². The van der Waals surface area contributed by atoms with Crippen LogP contribution >= 0.6 is 11.6 Å². The zero-order valence-electron chi connectivity index (χ0n) is 9.70. The molecule has 1 fully saturated rings. The van der Waals surface area contributed by atoms with Crippen molar-refractivity contribution in [1.29, 1.82) is 0 Å². The van der Waals surface area contributed by atoms with E-state index in [4.69, 9.17) is 16.3 Å². The summed E-state index contributed by atoms with van der Waals surface area (Å²) in [5.74, 6) is -0.389. The SMILES string of the molecule is Fc1ccc(-c2ccc(C3CCO3)cc2)cc1Cl. The van der Waals surface area contributed by atoms with Crippen molar-refractivity contribution >= 4 is 11.6 Å². The van der Waals surface area contributed by atoms with E-state index in [9.17, 15) is 4.39 Å². The second-order valence-electron chi connectivity index (χ2n) is 4.40. The van der Waals surface area contributed by atoms with Gasteiger partial charge in [0.05, 0.1) is 17.7 Å². The Hall–Kier alpha value is -1.38. The van der Waals surface area contributed by atoms with E-state index in [1.165, 1.54) is 11.6 Å². The van der Waals surface area contributed by atoms with Gasteiger partial charge in [0.15, 0.2) is 0 Å². The highest BCUT2D eigenvalue weighted by Gasteiger charge is 2.19. The minimum Gasteiger partial charge on any atom is -0.373 e. The van der Waals surface area contributed by atoms with Crippen LogP contribution < -0.4 is 0 Å². The Bertz CT molecular complexity index is 561. The third-order valence-corrected chi connectivity index (χ3v) is 3.52. The van der Waals surface area contributed by atoms with Gasteiger partial charge in [0.1, 0.15) is 5.82 Å². The molecule has 92 valence electrons. The fraction of sp³-hybridized carbons (Fsp3) is 0.200. The van der Waals surface area contributed by atoms with Crippen LogP contribution in [-0.2, 0) is 4.74 Å². The van der Waals surface area contributed by atoms with E-state index in [1.54, 1.807) is 12.1 Å². The van der Waals surface area contributed by atoms with Gasteiger partial charge in [-0.15, -0.1) is 0 Å². The predicted molar refractivity (Wildman–Crippen MR) is 70.2 cm³/mol. The van der Waals surface area contributed by atoms with Crippen LogP contribution in [0.4, 0.5) is 4.39 Å². The topological polar surface area (TPSA) is 9.23 Å². The average molecular weight is 263 g/mol. The lowest BCUT2D eigenvalue weighted by Crippen LogP contribution is -2.17. The van der Waals surface area contributed by atoms with E-state index in [0.29, 0.717) is 0 Å². The molecule has 1 nitrogen and oxygen atoms in total. The molecule has 2 aromatic carbocycles. The molecule has 2 aromatic rings. The van der Waals surface area contributed by atoms with Crippen molar-refractivity contribution in [3.63, 3.8) is 0 Å². The fourth-order valence-electron chi connectivity index (χ4n) is 2.06. The van der Waals surface area contributed by atoms with Crippen LogP contribution in [0.3, 0.4) is 0 Å². The molecule has 0 saturated carbocycles. The highest BCUT2D eigenvalue weighted by Crippen LogP contribution is 2.31. The summed E-state index contributed by atoms with van der Waals surface area (Å²) < 4.78 is 18.5. The molecular weight excluding hydrogens is 251 g/mol. The van der Waals surface area contributed by atoms with Crippen molar-refractivity contribution in [3.8, 4) is 11.1 Å². The summed E-state index contributed by atoms with van der Waals surface area (Å²) in [7, 11) is 0. The molecule has 0 spiro atoms. The molecule has 0 radical (unpaired) electrons. The highest BCUT2D eigenvalue weighted by atomic mass is 35.5. The van der Waals surface area contributed by atoms with E-state index >= 15 is 0 Å². The van der Waals surface area contributed by atoms with E-state index in [-0.39, 0.29) is 16.9 Å². The molecule has 18 heavy (non-hydrogen) atoms. The summed E-state index contributed by atoms with van der Waals surface area (Å²) in [6, 6.07) is 12.9. The van der Waals surface area contributed by atoms with Crippen molar-refractivity contribution in [2.24, 2.45) is 0 Å². The van der Waals surface area contributed by atoms with Crippen LogP contribution in [-0.4, -0.2) is 6.61 Å². The van der Waals surface area contributed by atoms with Crippen LogP contribution in [0, 0.1) is 5.82 Å². The first-order valence-electron chi connectivity index (χ1n) is 5.91. The average Bonchev–Trinajstić information content (AvgIpc) is 2.32. The van der Waals surface area contributed by atoms with Gasteiger partial charge in [-0.25, -0.2) is 4.39 Å². The molecule has 0 bridgehead atoms. The summed E-state index contributed by atoms with van der Waals surface area (Å²) >= 11 is 5.78. The van der Waals surface area contributed by atoms with Gasteiger partial charge in [-0.05, 0) is 28.8 Å². The van der Waals surface area contributed by atoms with E-state index < -0.39 is 0 Å². The molecule has 0 aliphatic carbocycles. The molecule has 1 saturated heterocycles. The first-order chi connectivity index (χ1) is 8.74. The third-order valence-electron chi connectivity index (χ3n) is 3.23. The number of ether oxygens (including phenoxy) is 1. The van der Waals surface area contributed by atoms with E-state index in [1.807, 2.05) is 12.1 Å². The molecule has 1 heterocycles. The predicted octanol–water partition coefficient (Wildman–Crippen LogP) is 4.61. The molecule has 1 atom stereocenters. The third kappa shape index (κ3) is 2.14. The summed E-state index contributed by atoms with van der Waals surface area (Å²) in [5, 5.41) is 0.152. The van der Waals surface area contributed by atoms with Gasteiger partial charge in [0.25, 0.3) is 0 Å². The lowest BCUT2D eigenvalue weighted by atomic mass is 9.99. The van der Waals surface area contributed by atoms with Gasteiger partial charge < -0.3 is 4.74 Å². The Balaban J connectivity index is 1.89. The molecular formula is C15H12ClFO. The van der Waals surface area contributed by atoms with Crippen LogP contribution in [0.15, 0.2) is 42.5 Å². The smallest absolute Gasteiger partial charge is 0.141 e. The second kappa shape index (κ2) is 4.71. The zero-order chi connectivity index (χ0) is 12.5. The lowest BCUT2D eigenvalue weighted by molar-refractivity contribution is -0.0527. The Morgan fingerprint density at radius 2 is 1.72 bits per heavy atom. The van der Waals surface area contributed by atoms with Gasteiger partial charge in [-0.2, -0.15) is 0 Å². The summed E-state index contributed by atoms with van der Waals surface area (Å²) in [6.45, 7) is 0.847. The maximum Gasteiger partial charge on any atom is 0.141 e. The number of rotatable bonds is 2. The summed E-state index contributed by atoms with van der Waals surface area (Å²) in [5.41, 5.74) is 3.14. The molecule has 3 heteroatoms. The van der Waals surface area contributed by atoms with Crippen molar-refractivity contribution in [3.05, 3.63) is 58.9 Å². The standard InChI is InChI=1S/C15H12ClFO/c16-13-9-12(5-6-14(13)17)10-1-3-11(4-2-10)15-7-8-18-15/h1-6,9,15H,7-8H2. The molecule has 0 amide bonds. The quantitative estimate of drug-likeness (QED) is 0.768. The van der Waals surface area contributed by atoms with E-state index in [0.717, 1.165) is 24.2 Å². The van der Waals surface area contributed by atoms with Gasteiger partial charge in [0, 0.05) is 6.42 Å². The van der Waals surface area contributed by atoms with Crippen LogP contribution in [0.5, 0.6) is 0 Å². The molecule has 0 aromatic heterocycles. The van der Waals surface area contributed by atoms with Crippen molar-refractivity contribution in [2.45, 2.75) is 12.5 Å². The second-order valence-corrected chi connectivity index (χ2v) is 4.81. The number of halogens is 2. The first kappa shape index (κ1) is 11.7. The Labute approximate surface area is 110 Å². The van der Waals surface area contributed by atoms with E-state index in [2.05, 4.69) is 12.1 Å². The van der Waals surface area contributed by atoms with Crippen LogP contribution in [0.2, 0.25) is 5.02 Å². The van der Waals surface area contributed by atoms with Crippen molar-refractivity contribution < 1.29 is 9.13 Å². The number of hydrogen-bond donors (Lipinski definition) is 0. The first-order valence-corrected chi connectivity index (χ1v) is 6.29. The zero-order valence-corrected chi connectivity index (χ0v) is 10.5. The maximum absolute atomic E-state index is 13.1. The van der Waals surface area contributed by atoms with Crippen LogP contribution in [0.25, 0.3) is 11.1 Å². The normalized spacial score (nSPS) is 18.4. The molecule has 1 aliphatic rings. The van der Waals surface area contributed by atoms with Crippen LogP contribution in [0.1, 0.15) is 18.1 Å². The minimum absolute atomic E-state index is 0.152. The summed E-state index contributed by atoms with van der Waals surface area (Å²) in [4.78, 5) is 0. The monoisotopic (exact) mass is 262 g/mol. The molecule has 3 rings (SSSR count). The Kier molecular flexibility index (Phi) is 3.06. The Morgan fingerprint density at radius 3 is 2.28 bits per heavy atom. The highest BCUT2D eigenvalue weighted by molar-refractivity contribution is 6.31. The molecule has 0 N–H and O–H groups in total. The Morgan fingerprint density at radius 1 is 1.06 bits per heavy atom. The molecule has 1 unspecified atom stereocenters. The minimum atomic E-state index is -0.389. The molecule has 1 aliphatic heterocycles. The number of hydrogen-bond acceptors (Lipinski definition) is 1. The van der Waals surface area contributed by atoms with Gasteiger partial charge >= 0.3 is 0 Å². The van der Waals surface area contributed by atoms with Crippen molar-refractivity contribution in [1.82, 2.24) is 0 Å². The van der Waals surface area contributed by atoms with Gasteiger partial charge in [0.2, 0.25) is 0 Å². The lowest BCUT2D eigenvalue weighted by Gasteiger charge is -2.26.